The molecule has 7 nitrogen and oxygen atoms in total. The average molecular weight is 292 g/mol. The molecule has 0 radical (unpaired) electrons. The minimum absolute atomic E-state index is 0.00968. The van der Waals surface area contributed by atoms with Gasteiger partial charge in [-0.15, -0.1) is 11.3 Å². The molecule has 0 aromatic carbocycles. The molecule has 0 saturated carbocycles. The number of carbonyl (C=O) groups is 2. The number of thiazole rings is 1. The van der Waals surface area contributed by atoms with Gasteiger partial charge in [0.25, 0.3) is 11.8 Å². The highest BCUT2D eigenvalue weighted by Crippen LogP contribution is 2.29. The number of nitrogens with one attached hydrogen (secondary N) is 1. The first kappa shape index (κ1) is 13.9. The van der Waals surface area contributed by atoms with E-state index in [1.54, 1.807) is 25.4 Å². The quantitative estimate of drug-likeness (QED) is 0.835. The van der Waals surface area contributed by atoms with Gasteiger partial charge in [-0.05, 0) is 13.8 Å². The minimum Gasteiger partial charge on any atom is -0.365 e. The van der Waals surface area contributed by atoms with E-state index >= 15 is 0 Å². The van der Waals surface area contributed by atoms with Gasteiger partial charge in [0.05, 0.1) is 0 Å². The van der Waals surface area contributed by atoms with Crippen molar-refractivity contribution in [1.82, 2.24) is 10.1 Å². The SMILES string of the molecule is CC(C)=CC(=O)Nc1onc(-c2nccs2)c1C(N)=O. The molecule has 0 fully saturated rings. The lowest BCUT2D eigenvalue weighted by Gasteiger charge is -1.99. The van der Waals surface area contributed by atoms with Crippen LogP contribution in [0.2, 0.25) is 0 Å². The summed E-state index contributed by atoms with van der Waals surface area (Å²) in [6.45, 7) is 3.55. The second-order valence-electron chi connectivity index (χ2n) is 4.15. The Hall–Kier alpha value is -2.48. The van der Waals surface area contributed by atoms with Crippen LogP contribution in [0.5, 0.6) is 0 Å². The fraction of sp³-hybridized carbons (Fsp3) is 0.167. The molecular formula is C12H12N4O3S. The molecule has 0 aliphatic rings. The Morgan fingerprint density at radius 1 is 1.45 bits per heavy atom. The summed E-state index contributed by atoms with van der Waals surface area (Å²) < 4.78 is 4.99. The number of hydrogen-bond acceptors (Lipinski definition) is 6. The lowest BCUT2D eigenvalue weighted by atomic mass is 10.2. The first-order chi connectivity index (χ1) is 9.49. The van der Waals surface area contributed by atoms with Crippen molar-refractivity contribution in [2.45, 2.75) is 13.8 Å². The number of hydrogen-bond donors (Lipinski definition) is 2. The molecule has 0 unspecified atom stereocenters. The van der Waals surface area contributed by atoms with Gasteiger partial charge in [0, 0.05) is 17.7 Å². The van der Waals surface area contributed by atoms with Crippen molar-refractivity contribution in [2.24, 2.45) is 5.73 Å². The molecule has 0 atom stereocenters. The van der Waals surface area contributed by atoms with Gasteiger partial charge in [0.1, 0.15) is 10.6 Å². The maximum atomic E-state index is 11.7. The predicted octanol–water partition coefficient (Wildman–Crippen LogP) is 1.80. The highest BCUT2D eigenvalue weighted by atomic mass is 32.1. The van der Waals surface area contributed by atoms with Gasteiger partial charge >= 0.3 is 0 Å². The third kappa shape index (κ3) is 2.91. The number of allylic oxidation sites excluding steroid dienone is 1. The Morgan fingerprint density at radius 3 is 2.75 bits per heavy atom. The number of nitrogens with zero attached hydrogens (tertiary/aromatic N) is 2. The molecule has 3 N–H and O–H groups in total. The summed E-state index contributed by atoms with van der Waals surface area (Å²) in [4.78, 5) is 27.2. The summed E-state index contributed by atoms with van der Waals surface area (Å²) in [5, 5.41) is 8.41. The summed E-state index contributed by atoms with van der Waals surface area (Å²) in [5.74, 6) is -1.25. The Labute approximate surface area is 118 Å². The van der Waals surface area contributed by atoms with Crippen molar-refractivity contribution in [3.05, 3.63) is 28.8 Å². The number of aromatic nitrogens is 2. The number of nitrogens with two attached hydrogens (primary N) is 1. The van der Waals surface area contributed by atoms with Crippen LogP contribution in [0.4, 0.5) is 5.88 Å². The highest BCUT2D eigenvalue weighted by molar-refractivity contribution is 7.13. The lowest BCUT2D eigenvalue weighted by Crippen LogP contribution is -2.16. The van der Waals surface area contributed by atoms with E-state index in [2.05, 4.69) is 15.5 Å². The molecule has 2 heterocycles. The summed E-state index contributed by atoms with van der Waals surface area (Å²) >= 11 is 1.28. The van der Waals surface area contributed by atoms with Crippen LogP contribution in [0.1, 0.15) is 24.2 Å². The third-order valence-corrected chi connectivity index (χ3v) is 3.01. The van der Waals surface area contributed by atoms with Gasteiger partial charge in [-0.1, -0.05) is 10.7 Å². The number of rotatable bonds is 4. The Morgan fingerprint density at radius 2 is 2.20 bits per heavy atom. The number of carbonyl (C=O) groups excluding carboxylic acids is 2. The van der Waals surface area contributed by atoms with E-state index in [1.807, 2.05) is 0 Å². The molecule has 2 rings (SSSR count). The molecular weight excluding hydrogens is 280 g/mol. The van der Waals surface area contributed by atoms with E-state index in [9.17, 15) is 9.59 Å². The van der Waals surface area contributed by atoms with Crippen LogP contribution < -0.4 is 11.1 Å². The van der Waals surface area contributed by atoms with Gasteiger partial charge in [-0.2, -0.15) is 0 Å². The summed E-state index contributed by atoms with van der Waals surface area (Å²) in [5.41, 5.74) is 6.35. The van der Waals surface area contributed by atoms with E-state index in [0.29, 0.717) is 5.01 Å². The van der Waals surface area contributed by atoms with Gasteiger partial charge in [0.2, 0.25) is 5.88 Å². The summed E-state index contributed by atoms with van der Waals surface area (Å²) in [6, 6.07) is 0. The smallest absolute Gasteiger partial charge is 0.256 e. The maximum absolute atomic E-state index is 11.7. The van der Waals surface area contributed by atoms with E-state index in [0.717, 1.165) is 5.57 Å². The largest absolute Gasteiger partial charge is 0.365 e. The highest BCUT2D eigenvalue weighted by Gasteiger charge is 2.24. The molecule has 0 aliphatic carbocycles. The van der Waals surface area contributed by atoms with E-state index in [4.69, 9.17) is 10.3 Å². The fourth-order valence-corrected chi connectivity index (χ4v) is 2.12. The van der Waals surface area contributed by atoms with E-state index in [1.165, 1.54) is 17.4 Å². The first-order valence-corrected chi connectivity index (χ1v) is 6.52. The maximum Gasteiger partial charge on any atom is 0.256 e. The zero-order valence-corrected chi connectivity index (χ0v) is 11.7. The third-order valence-electron chi connectivity index (χ3n) is 2.23. The molecule has 104 valence electrons. The van der Waals surface area contributed by atoms with Gasteiger partial charge in [-0.25, -0.2) is 4.98 Å². The molecule has 8 heteroatoms. The van der Waals surface area contributed by atoms with Crippen molar-refractivity contribution in [3.63, 3.8) is 0 Å². The van der Waals surface area contributed by atoms with Crippen molar-refractivity contribution in [2.75, 3.05) is 5.32 Å². The van der Waals surface area contributed by atoms with Crippen molar-refractivity contribution in [3.8, 4) is 10.7 Å². The summed E-state index contributed by atoms with van der Waals surface area (Å²) in [7, 11) is 0. The summed E-state index contributed by atoms with van der Waals surface area (Å²) in [6.07, 6.45) is 2.94. The van der Waals surface area contributed by atoms with Gasteiger partial charge < -0.3 is 10.3 Å². The van der Waals surface area contributed by atoms with Crippen LogP contribution in [0.3, 0.4) is 0 Å². The molecule has 2 aromatic heterocycles. The minimum atomic E-state index is -0.746. The zero-order chi connectivity index (χ0) is 14.7. The van der Waals surface area contributed by atoms with Crippen molar-refractivity contribution < 1.29 is 14.1 Å². The molecule has 2 aromatic rings. The standard InChI is InChI=1S/C12H12N4O3S/c1-6(2)5-7(17)15-11-8(10(13)18)9(16-19-11)12-14-3-4-20-12/h3-5H,1-2H3,(H2,13,18)(H,15,17). The van der Waals surface area contributed by atoms with Crippen molar-refractivity contribution >= 4 is 29.0 Å². The Kier molecular flexibility index (Phi) is 3.94. The zero-order valence-electron chi connectivity index (χ0n) is 10.8. The van der Waals surface area contributed by atoms with Crippen LogP contribution in [-0.4, -0.2) is 22.0 Å². The molecule has 20 heavy (non-hydrogen) atoms. The Bertz CT molecular complexity index is 669. The molecule has 0 bridgehead atoms. The van der Waals surface area contributed by atoms with Gasteiger partial charge in [0.15, 0.2) is 5.69 Å². The number of primary amides is 1. The van der Waals surface area contributed by atoms with E-state index in [-0.39, 0.29) is 17.1 Å². The van der Waals surface area contributed by atoms with Crippen LogP contribution >= 0.6 is 11.3 Å². The lowest BCUT2D eigenvalue weighted by molar-refractivity contribution is -0.112. The Balaban J connectivity index is 2.38. The van der Waals surface area contributed by atoms with Gasteiger partial charge in [-0.3, -0.25) is 14.9 Å². The topological polar surface area (TPSA) is 111 Å². The monoisotopic (exact) mass is 292 g/mol. The molecule has 2 amide bonds. The fourth-order valence-electron chi connectivity index (χ4n) is 1.50. The van der Waals surface area contributed by atoms with Crippen LogP contribution in [0.25, 0.3) is 10.7 Å². The van der Waals surface area contributed by atoms with Crippen LogP contribution in [0, 0.1) is 0 Å². The van der Waals surface area contributed by atoms with E-state index < -0.39 is 11.8 Å². The number of amides is 2. The predicted molar refractivity (Wildman–Crippen MR) is 74.2 cm³/mol. The molecule has 0 spiro atoms. The second kappa shape index (κ2) is 5.66. The molecule has 0 saturated heterocycles. The molecule has 0 aliphatic heterocycles. The van der Waals surface area contributed by atoms with Crippen LogP contribution in [0.15, 0.2) is 27.7 Å². The average Bonchev–Trinajstić information content (AvgIpc) is 2.94. The van der Waals surface area contributed by atoms with Crippen molar-refractivity contribution in [1.29, 1.82) is 0 Å². The number of anilines is 1. The second-order valence-corrected chi connectivity index (χ2v) is 5.04. The van der Waals surface area contributed by atoms with Crippen LogP contribution in [-0.2, 0) is 4.79 Å². The first-order valence-electron chi connectivity index (χ1n) is 5.64. The normalized spacial score (nSPS) is 10.1.